The molecule has 0 bridgehead atoms. The average Bonchev–Trinajstić information content (AvgIpc) is 2.96. The van der Waals surface area contributed by atoms with Crippen LogP contribution in [0.1, 0.15) is 65.7 Å². The molecule has 0 aromatic heterocycles. The fourth-order valence-electron chi connectivity index (χ4n) is 7.60. The maximum Gasteiger partial charge on any atom is 0.508 e. The van der Waals surface area contributed by atoms with Gasteiger partial charge < -0.3 is 9.47 Å². The molecule has 150 valence electrons. The monoisotopic (exact) mass is 374 g/mol. The molecule has 27 heavy (non-hydrogen) atoms. The lowest BCUT2D eigenvalue weighted by atomic mass is 9.46. The van der Waals surface area contributed by atoms with Crippen molar-refractivity contribution in [2.24, 2.45) is 40.9 Å². The van der Waals surface area contributed by atoms with E-state index in [2.05, 4.69) is 20.8 Å². The van der Waals surface area contributed by atoms with Crippen molar-refractivity contribution in [1.29, 1.82) is 0 Å². The van der Waals surface area contributed by atoms with Gasteiger partial charge in [0.15, 0.2) is 5.78 Å². The Balaban J connectivity index is 1.67. The van der Waals surface area contributed by atoms with Gasteiger partial charge in [0.05, 0.1) is 7.11 Å². The molecule has 0 aliphatic heterocycles. The van der Waals surface area contributed by atoms with E-state index in [9.17, 15) is 9.59 Å². The quantitative estimate of drug-likeness (QED) is 0.626. The van der Waals surface area contributed by atoms with E-state index in [1.54, 1.807) is 0 Å². The first-order chi connectivity index (χ1) is 12.9. The number of methoxy groups -OCH3 is 1. The van der Waals surface area contributed by atoms with E-state index in [0.29, 0.717) is 41.3 Å². The second kappa shape index (κ2) is 6.93. The Hall–Kier alpha value is -1.32. The molecular weight excluding hydrogens is 340 g/mol. The van der Waals surface area contributed by atoms with E-state index >= 15 is 0 Å². The van der Waals surface area contributed by atoms with Crippen LogP contribution in [0.25, 0.3) is 0 Å². The van der Waals surface area contributed by atoms with Gasteiger partial charge in [-0.1, -0.05) is 32.8 Å². The van der Waals surface area contributed by atoms with E-state index in [1.165, 1.54) is 19.1 Å². The number of fused-ring (bicyclic) bond motifs is 5. The van der Waals surface area contributed by atoms with Crippen LogP contribution in [0.3, 0.4) is 0 Å². The van der Waals surface area contributed by atoms with Crippen molar-refractivity contribution >= 4 is 11.9 Å². The highest BCUT2D eigenvalue weighted by Crippen LogP contribution is 2.65. The average molecular weight is 375 g/mol. The molecule has 4 nitrogen and oxygen atoms in total. The van der Waals surface area contributed by atoms with Crippen molar-refractivity contribution in [2.45, 2.75) is 71.8 Å². The first-order valence-electron chi connectivity index (χ1n) is 10.9. The number of carbonyl (C=O) groups excluding carboxylic acids is 2. The van der Waals surface area contributed by atoms with Gasteiger partial charge >= 0.3 is 6.16 Å². The highest BCUT2D eigenvalue weighted by Gasteiger charge is 2.61. The highest BCUT2D eigenvalue weighted by molar-refractivity contribution is 5.91. The SMILES string of the molecule is CC[C@H]1C[C@]2(C)[C@@H](OC(=O)OC)CC[C@H]2[C@H]2[C@H]1[C@H]1CCC(=O)C=C1C[C@H]2C. The number of allylic oxidation sites excluding steroid dienone is 1. The third-order valence-corrected chi connectivity index (χ3v) is 8.61. The molecular formula is C23H34O4. The summed E-state index contributed by atoms with van der Waals surface area (Å²) in [7, 11) is 1.39. The van der Waals surface area contributed by atoms with Crippen LogP contribution in [-0.4, -0.2) is 25.2 Å². The molecule has 8 atom stereocenters. The molecule has 0 aromatic carbocycles. The molecule has 3 saturated carbocycles. The second-order valence-electron chi connectivity index (χ2n) is 9.79. The van der Waals surface area contributed by atoms with Crippen LogP contribution in [0.5, 0.6) is 0 Å². The number of hydrogen-bond acceptors (Lipinski definition) is 4. The van der Waals surface area contributed by atoms with Crippen LogP contribution in [0, 0.1) is 40.9 Å². The summed E-state index contributed by atoms with van der Waals surface area (Å²) in [6.45, 7) is 7.06. The number of carbonyl (C=O) groups is 2. The minimum atomic E-state index is -0.537. The number of ketones is 1. The Morgan fingerprint density at radius 1 is 1.26 bits per heavy atom. The lowest BCUT2D eigenvalue weighted by Crippen LogP contribution is -2.54. The molecule has 4 aliphatic carbocycles. The smallest absolute Gasteiger partial charge is 0.438 e. The minimum absolute atomic E-state index is 0.0259. The summed E-state index contributed by atoms with van der Waals surface area (Å²) in [5, 5.41) is 0. The predicted molar refractivity (Wildman–Crippen MR) is 103 cm³/mol. The maximum atomic E-state index is 12.0. The van der Waals surface area contributed by atoms with Crippen LogP contribution in [0.15, 0.2) is 11.6 Å². The largest absolute Gasteiger partial charge is 0.508 e. The predicted octanol–water partition coefficient (Wildman–Crippen LogP) is 5.16. The molecule has 0 saturated heterocycles. The Labute approximate surface area is 163 Å². The summed E-state index contributed by atoms with van der Waals surface area (Å²) in [5.41, 5.74) is 1.48. The van der Waals surface area contributed by atoms with Gasteiger partial charge in [-0.3, -0.25) is 4.79 Å². The van der Waals surface area contributed by atoms with Gasteiger partial charge in [0.1, 0.15) is 6.10 Å². The summed E-state index contributed by atoms with van der Waals surface area (Å²) in [4.78, 5) is 23.8. The highest BCUT2D eigenvalue weighted by atomic mass is 16.7. The molecule has 4 aliphatic rings. The third kappa shape index (κ3) is 2.94. The van der Waals surface area contributed by atoms with Crippen molar-refractivity contribution in [2.75, 3.05) is 7.11 Å². The molecule has 0 amide bonds. The molecule has 0 unspecified atom stereocenters. The summed E-state index contributed by atoms with van der Waals surface area (Å²) in [6.07, 6.45) is 8.65. The normalized spacial score (nSPS) is 46.0. The number of rotatable bonds is 2. The zero-order valence-electron chi connectivity index (χ0n) is 17.2. The molecule has 0 N–H and O–H groups in total. The van der Waals surface area contributed by atoms with Gasteiger partial charge in [0.25, 0.3) is 0 Å². The molecule has 0 spiro atoms. The van der Waals surface area contributed by atoms with Crippen molar-refractivity contribution in [3.05, 3.63) is 11.6 Å². The van der Waals surface area contributed by atoms with Gasteiger partial charge in [-0.15, -0.1) is 0 Å². The fourth-order valence-corrected chi connectivity index (χ4v) is 7.60. The van der Waals surface area contributed by atoms with Crippen molar-refractivity contribution in [3.63, 3.8) is 0 Å². The zero-order chi connectivity index (χ0) is 19.3. The molecule has 3 fully saturated rings. The van der Waals surface area contributed by atoms with Crippen LogP contribution in [0.4, 0.5) is 4.79 Å². The van der Waals surface area contributed by atoms with E-state index in [-0.39, 0.29) is 11.5 Å². The Morgan fingerprint density at radius 3 is 2.74 bits per heavy atom. The lowest BCUT2D eigenvalue weighted by Gasteiger charge is -2.59. The van der Waals surface area contributed by atoms with Crippen LogP contribution in [0.2, 0.25) is 0 Å². The van der Waals surface area contributed by atoms with Crippen LogP contribution >= 0.6 is 0 Å². The maximum absolute atomic E-state index is 12.0. The van der Waals surface area contributed by atoms with Crippen LogP contribution in [-0.2, 0) is 14.3 Å². The van der Waals surface area contributed by atoms with Gasteiger partial charge in [-0.05, 0) is 73.7 Å². The van der Waals surface area contributed by atoms with Gasteiger partial charge in [0, 0.05) is 11.8 Å². The number of hydrogen-bond donors (Lipinski definition) is 0. The summed E-state index contributed by atoms with van der Waals surface area (Å²) >= 11 is 0. The van der Waals surface area contributed by atoms with Gasteiger partial charge in [-0.2, -0.15) is 0 Å². The number of ether oxygens (including phenoxy) is 2. The summed E-state index contributed by atoms with van der Waals surface area (Å²) < 4.78 is 10.5. The second-order valence-corrected chi connectivity index (χ2v) is 9.79. The van der Waals surface area contributed by atoms with Crippen molar-refractivity contribution < 1.29 is 19.1 Å². The van der Waals surface area contributed by atoms with Gasteiger partial charge in [-0.25, -0.2) is 4.79 Å². The molecule has 4 heteroatoms. The topological polar surface area (TPSA) is 52.6 Å². The molecule has 0 aromatic rings. The van der Waals surface area contributed by atoms with E-state index in [1.807, 2.05) is 6.08 Å². The first-order valence-corrected chi connectivity index (χ1v) is 10.9. The van der Waals surface area contributed by atoms with E-state index in [0.717, 1.165) is 38.5 Å². The summed E-state index contributed by atoms with van der Waals surface area (Å²) in [6, 6.07) is 0. The summed E-state index contributed by atoms with van der Waals surface area (Å²) in [5.74, 6) is 4.13. The molecule has 0 heterocycles. The third-order valence-electron chi connectivity index (χ3n) is 8.61. The van der Waals surface area contributed by atoms with Crippen molar-refractivity contribution in [1.82, 2.24) is 0 Å². The van der Waals surface area contributed by atoms with Crippen LogP contribution < -0.4 is 0 Å². The van der Waals surface area contributed by atoms with E-state index in [4.69, 9.17) is 9.47 Å². The Morgan fingerprint density at radius 2 is 2.04 bits per heavy atom. The molecule has 4 rings (SSSR count). The standard InChI is InChI=1S/C23H34O4/c1-5-14-12-23(3)18(8-9-19(23)27-22(25)26-4)20-13(2)10-15-11-16(24)6-7-17(15)21(14)20/h11,13-14,17-21H,5-10,12H2,1-4H3/t13-,14+,17+,18+,19+,20+,21-,23+/m1/s1. The lowest BCUT2D eigenvalue weighted by molar-refractivity contribution is -0.120. The fraction of sp³-hybridized carbons (Fsp3) is 0.826. The Kier molecular flexibility index (Phi) is 4.88. The zero-order valence-corrected chi connectivity index (χ0v) is 17.2. The van der Waals surface area contributed by atoms with E-state index < -0.39 is 6.16 Å². The van der Waals surface area contributed by atoms with Crippen molar-refractivity contribution in [3.8, 4) is 0 Å². The minimum Gasteiger partial charge on any atom is -0.438 e. The first kappa shape index (κ1) is 19.0. The Bertz CT molecular complexity index is 653. The van der Waals surface area contributed by atoms with Gasteiger partial charge in [0.2, 0.25) is 0 Å². The molecule has 0 radical (unpaired) electrons.